The van der Waals surface area contributed by atoms with Crippen LogP contribution in [0.2, 0.25) is 0 Å². The van der Waals surface area contributed by atoms with Gasteiger partial charge in [-0.05, 0) is 44.4 Å². The SMILES string of the molecule is COC(C)CNC(C)CCc1ccc(OC(F)F)cc1. The fourth-order valence-corrected chi connectivity index (χ4v) is 1.77. The van der Waals surface area contributed by atoms with Gasteiger partial charge in [-0.2, -0.15) is 8.78 Å². The van der Waals surface area contributed by atoms with Crippen molar-refractivity contribution in [3.8, 4) is 5.75 Å². The molecular formula is C15H23F2NO2. The summed E-state index contributed by atoms with van der Waals surface area (Å²) >= 11 is 0. The molecule has 0 spiro atoms. The number of nitrogens with one attached hydrogen (secondary N) is 1. The largest absolute Gasteiger partial charge is 0.435 e. The molecule has 1 aromatic rings. The van der Waals surface area contributed by atoms with Crippen LogP contribution in [0, 0.1) is 0 Å². The van der Waals surface area contributed by atoms with Crippen molar-refractivity contribution >= 4 is 0 Å². The second-order valence-electron chi connectivity index (χ2n) is 4.92. The zero-order valence-electron chi connectivity index (χ0n) is 12.2. The Balaban J connectivity index is 2.30. The first kappa shape index (κ1) is 16.9. The molecule has 0 aliphatic rings. The Morgan fingerprint density at radius 1 is 1.15 bits per heavy atom. The molecule has 0 saturated carbocycles. The van der Waals surface area contributed by atoms with E-state index in [-0.39, 0.29) is 11.9 Å². The van der Waals surface area contributed by atoms with Crippen LogP contribution in [0.5, 0.6) is 5.75 Å². The van der Waals surface area contributed by atoms with Crippen LogP contribution < -0.4 is 10.1 Å². The molecule has 1 rings (SSSR count). The van der Waals surface area contributed by atoms with Crippen LogP contribution in [0.3, 0.4) is 0 Å². The summed E-state index contributed by atoms with van der Waals surface area (Å²) in [4.78, 5) is 0. The molecule has 1 N–H and O–H groups in total. The fourth-order valence-electron chi connectivity index (χ4n) is 1.77. The third-order valence-electron chi connectivity index (χ3n) is 3.17. The van der Waals surface area contributed by atoms with Crippen molar-refractivity contribution < 1.29 is 18.3 Å². The van der Waals surface area contributed by atoms with Crippen molar-refractivity contribution in [2.24, 2.45) is 0 Å². The molecule has 0 saturated heterocycles. The van der Waals surface area contributed by atoms with Crippen LogP contribution in [-0.2, 0) is 11.2 Å². The Morgan fingerprint density at radius 3 is 2.35 bits per heavy atom. The van der Waals surface area contributed by atoms with Crippen molar-refractivity contribution in [2.75, 3.05) is 13.7 Å². The second-order valence-corrected chi connectivity index (χ2v) is 4.92. The number of halogens is 2. The van der Waals surface area contributed by atoms with Gasteiger partial charge in [0.1, 0.15) is 5.75 Å². The number of hydrogen-bond donors (Lipinski definition) is 1. The summed E-state index contributed by atoms with van der Waals surface area (Å²) in [5.74, 6) is 0.198. The van der Waals surface area contributed by atoms with E-state index >= 15 is 0 Å². The minimum Gasteiger partial charge on any atom is -0.435 e. The predicted molar refractivity (Wildman–Crippen MR) is 75.3 cm³/mol. The van der Waals surface area contributed by atoms with Gasteiger partial charge in [-0.25, -0.2) is 0 Å². The third kappa shape index (κ3) is 6.82. The summed E-state index contributed by atoms with van der Waals surface area (Å²) < 4.78 is 33.5. The normalized spacial score (nSPS) is 14.3. The van der Waals surface area contributed by atoms with Crippen LogP contribution in [-0.4, -0.2) is 32.4 Å². The van der Waals surface area contributed by atoms with Crippen LogP contribution in [0.15, 0.2) is 24.3 Å². The maximum atomic E-state index is 12.0. The van der Waals surface area contributed by atoms with E-state index in [1.165, 1.54) is 0 Å². The van der Waals surface area contributed by atoms with E-state index < -0.39 is 6.61 Å². The lowest BCUT2D eigenvalue weighted by Crippen LogP contribution is -2.33. The average molecular weight is 287 g/mol. The molecule has 0 heterocycles. The summed E-state index contributed by atoms with van der Waals surface area (Å²) in [7, 11) is 1.69. The molecule has 20 heavy (non-hydrogen) atoms. The molecular weight excluding hydrogens is 264 g/mol. The van der Waals surface area contributed by atoms with Crippen molar-refractivity contribution in [1.82, 2.24) is 5.32 Å². The summed E-state index contributed by atoms with van der Waals surface area (Å²) in [6.07, 6.45) is 2.07. The summed E-state index contributed by atoms with van der Waals surface area (Å²) in [5.41, 5.74) is 1.11. The van der Waals surface area contributed by atoms with E-state index in [4.69, 9.17) is 4.74 Å². The lowest BCUT2D eigenvalue weighted by Gasteiger charge is -2.17. The molecule has 5 heteroatoms. The summed E-state index contributed by atoms with van der Waals surface area (Å²) in [6, 6.07) is 7.17. The van der Waals surface area contributed by atoms with Gasteiger partial charge in [0, 0.05) is 19.7 Å². The van der Waals surface area contributed by atoms with Gasteiger partial charge in [0.05, 0.1) is 6.10 Å². The van der Waals surface area contributed by atoms with E-state index in [1.54, 1.807) is 19.2 Å². The highest BCUT2D eigenvalue weighted by molar-refractivity contribution is 5.27. The van der Waals surface area contributed by atoms with Gasteiger partial charge < -0.3 is 14.8 Å². The van der Waals surface area contributed by atoms with Gasteiger partial charge in [0.2, 0.25) is 0 Å². The lowest BCUT2D eigenvalue weighted by atomic mass is 10.1. The maximum absolute atomic E-state index is 12.0. The quantitative estimate of drug-likeness (QED) is 0.756. The van der Waals surface area contributed by atoms with Gasteiger partial charge >= 0.3 is 6.61 Å². The second kappa shape index (κ2) is 8.87. The van der Waals surface area contributed by atoms with E-state index in [1.807, 2.05) is 19.1 Å². The topological polar surface area (TPSA) is 30.5 Å². The maximum Gasteiger partial charge on any atom is 0.387 e. The molecule has 0 fully saturated rings. The van der Waals surface area contributed by atoms with Gasteiger partial charge in [0.15, 0.2) is 0 Å². The molecule has 2 unspecified atom stereocenters. The molecule has 0 bridgehead atoms. The molecule has 3 nitrogen and oxygen atoms in total. The molecule has 114 valence electrons. The highest BCUT2D eigenvalue weighted by Crippen LogP contribution is 2.16. The van der Waals surface area contributed by atoms with Crippen molar-refractivity contribution in [3.63, 3.8) is 0 Å². The minimum absolute atomic E-state index is 0.197. The standard InChI is InChI=1S/C15H23F2NO2/c1-11(18-10-12(2)19-3)4-5-13-6-8-14(9-7-13)20-15(16)17/h6-9,11-12,15,18H,4-5,10H2,1-3H3. The number of rotatable bonds is 9. The zero-order chi connectivity index (χ0) is 15.0. The fraction of sp³-hybridized carbons (Fsp3) is 0.600. The molecule has 1 aromatic carbocycles. The molecule has 0 amide bonds. The van der Waals surface area contributed by atoms with E-state index in [9.17, 15) is 8.78 Å². The highest BCUT2D eigenvalue weighted by atomic mass is 19.3. The average Bonchev–Trinajstić information content (AvgIpc) is 2.43. The zero-order valence-corrected chi connectivity index (χ0v) is 12.2. The number of hydrogen-bond acceptors (Lipinski definition) is 3. The van der Waals surface area contributed by atoms with Gasteiger partial charge in [-0.3, -0.25) is 0 Å². The van der Waals surface area contributed by atoms with Crippen LogP contribution in [0.4, 0.5) is 8.78 Å². The van der Waals surface area contributed by atoms with E-state index in [0.29, 0.717) is 6.04 Å². The lowest BCUT2D eigenvalue weighted by molar-refractivity contribution is -0.0498. The molecule has 0 aliphatic carbocycles. The Bertz CT molecular complexity index is 371. The van der Waals surface area contributed by atoms with Gasteiger partial charge in [0.25, 0.3) is 0 Å². The van der Waals surface area contributed by atoms with E-state index in [2.05, 4.69) is 17.0 Å². The number of aryl methyl sites for hydroxylation is 1. The molecule has 0 aliphatic heterocycles. The first-order valence-corrected chi connectivity index (χ1v) is 6.81. The first-order valence-electron chi connectivity index (χ1n) is 6.81. The number of alkyl halides is 2. The third-order valence-corrected chi connectivity index (χ3v) is 3.17. The smallest absolute Gasteiger partial charge is 0.387 e. The van der Waals surface area contributed by atoms with Gasteiger partial charge in [-0.15, -0.1) is 0 Å². The Labute approximate surface area is 119 Å². The van der Waals surface area contributed by atoms with Crippen molar-refractivity contribution in [3.05, 3.63) is 29.8 Å². The monoisotopic (exact) mass is 287 g/mol. The first-order chi connectivity index (χ1) is 9.51. The van der Waals surface area contributed by atoms with Crippen molar-refractivity contribution in [2.45, 2.75) is 45.4 Å². The molecule has 0 aromatic heterocycles. The van der Waals surface area contributed by atoms with E-state index in [0.717, 1.165) is 24.9 Å². The van der Waals surface area contributed by atoms with Crippen LogP contribution in [0.25, 0.3) is 0 Å². The van der Waals surface area contributed by atoms with Gasteiger partial charge in [-0.1, -0.05) is 12.1 Å². The van der Waals surface area contributed by atoms with Crippen LogP contribution >= 0.6 is 0 Å². The summed E-state index contributed by atoms with van der Waals surface area (Å²) in [5, 5.41) is 3.39. The minimum atomic E-state index is -2.77. The number of methoxy groups -OCH3 is 1. The predicted octanol–water partition coefficient (Wildman–Crippen LogP) is 3.23. The molecule has 0 radical (unpaired) electrons. The number of ether oxygens (including phenoxy) is 2. The summed E-state index contributed by atoms with van der Waals surface area (Å²) in [6.45, 7) is 2.18. The highest BCUT2D eigenvalue weighted by Gasteiger charge is 2.06. The van der Waals surface area contributed by atoms with Crippen molar-refractivity contribution in [1.29, 1.82) is 0 Å². The Morgan fingerprint density at radius 2 is 1.80 bits per heavy atom. The van der Waals surface area contributed by atoms with Crippen LogP contribution in [0.1, 0.15) is 25.8 Å². The molecule has 2 atom stereocenters. The Kier molecular flexibility index (Phi) is 7.47. The number of benzene rings is 1. The Hall–Kier alpha value is -1.20.